The lowest BCUT2D eigenvalue weighted by atomic mass is 9.95. The maximum Gasteiger partial charge on any atom is 0.147 e. The first-order valence-corrected chi connectivity index (χ1v) is 10.6. The smallest absolute Gasteiger partial charge is 0.147 e. The van der Waals surface area contributed by atoms with Crippen LogP contribution in [0.5, 0.6) is 0 Å². The standard InChI is InChI=1S/C23H28N2O9/c24-8-13-6-11(1-3-17-21(30)23(32)22(31)19(10-27)34-17)5-12(20(13)25)2-4-16-14(28)7-15(29)18(9-26)33-16/h5-6,8,14-19,21-24,26-32H,7,9-10,25H2/t14-,15?,16?,17?,18+,19?,21?,22+,23?/m0/s1. The van der Waals surface area contributed by atoms with Gasteiger partial charge in [-0.25, -0.2) is 0 Å². The van der Waals surface area contributed by atoms with Gasteiger partial charge in [-0.1, -0.05) is 23.7 Å². The van der Waals surface area contributed by atoms with E-state index < -0.39 is 68.1 Å². The molecule has 6 unspecified atom stereocenters. The topological polar surface area (TPSA) is 210 Å². The SMILES string of the molecule is N=Cc1cc(C#CC2OC(CO)[C@@H](O)C(O)C2O)cc(C#CC2O[C@H](CO)C(O)C[C@@H]2O)c1N. The summed E-state index contributed by atoms with van der Waals surface area (Å²) in [6.07, 6.45) is -9.83. The fraction of sp³-hybridized carbons (Fsp3) is 0.522. The lowest BCUT2D eigenvalue weighted by Crippen LogP contribution is -2.58. The Morgan fingerprint density at radius 3 is 2.18 bits per heavy atom. The van der Waals surface area contributed by atoms with Crippen molar-refractivity contribution in [3.05, 3.63) is 28.8 Å². The van der Waals surface area contributed by atoms with E-state index in [1.54, 1.807) is 0 Å². The second kappa shape index (κ2) is 11.3. The summed E-state index contributed by atoms with van der Waals surface area (Å²) in [5, 5.41) is 76.1. The van der Waals surface area contributed by atoms with Gasteiger partial charge in [0, 0.05) is 29.3 Å². The van der Waals surface area contributed by atoms with Crippen LogP contribution >= 0.6 is 0 Å². The van der Waals surface area contributed by atoms with E-state index in [0.717, 1.165) is 6.21 Å². The third-order valence-corrected chi connectivity index (χ3v) is 5.73. The number of rotatable bonds is 3. The Morgan fingerprint density at radius 1 is 0.882 bits per heavy atom. The molecule has 2 fully saturated rings. The van der Waals surface area contributed by atoms with Gasteiger partial charge < -0.3 is 56.4 Å². The van der Waals surface area contributed by atoms with Crippen molar-refractivity contribution < 1.29 is 45.2 Å². The lowest BCUT2D eigenvalue weighted by Gasteiger charge is -2.37. The minimum atomic E-state index is -1.56. The van der Waals surface area contributed by atoms with Gasteiger partial charge in [0.05, 0.1) is 31.1 Å². The number of anilines is 1. The van der Waals surface area contributed by atoms with E-state index in [0.29, 0.717) is 11.1 Å². The van der Waals surface area contributed by atoms with Crippen molar-refractivity contribution in [2.24, 2.45) is 0 Å². The van der Waals surface area contributed by atoms with Gasteiger partial charge in [-0.2, -0.15) is 0 Å². The molecule has 2 aliphatic rings. The van der Waals surface area contributed by atoms with Gasteiger partial charge in [0.1, 0.15) is 42.7 Å². The van der Waals surface area contributed by atoms with Crippen LogP contribution in [-0.4, -0.2) is 110 Å². The van der Waals surface area contributed by atoms with E-state index in [-0.39, 0.29) is 17.7 Å². The molecule has 3 rings (SSSR count). The highest BCUT2D eigenvalue weighted by atomic mass is 16.5. The van der Waals surface area contributed by atoms with E-state index >= 15 is 0 Å². The number of nitrogens with two attached hydrogens (primary N) is 1. The molecule has 2 saturated heterocycles. The highest BCUT2D eigenvalue weighted by Crippen LogP contribution is 2.23. The van der Waals surface area contributed by atoms with Crippen LogP contribution in [-0.2, 0) is 9.47 Å². The van der Waals surface area contributed by atoms with Crippen LogP contribution in [0, 0.1) is 29.1 Å². The molecule has 0 amide bonds. The first-order valence-electron chi connectivity index (χ1n) is 10.6. The number of aliphatic hydroxyl groups excluding tert-OH is 7. The summed E-state index contributed by atoms with van der Waals surface area (Å²) in [6, 6.07) is 3.02. The molecule has 184 valence electrons. The van der Waals surface area contributed by atoms with Crippen LogP contribution in [0.25, 0.3) is 0 Å². The molecular weight excluding hydrogens is 448 g/mol. The minimum absolute atomic E-state index is 0.0174. The summed E-state index contributed by atoms with van der Waals surface area (Å²) in [7, 11) is 0. The van der Waals surface area contributed by atoms with Crippen molar-refractivity contribution >= 4 is 11.9 Å². The zero-order valence-corrected chi connectivity index (χ0v) is 18.1. The van der Waals surface area contributed by atoms with E-state index in [1.165, 1.54) is 12.1 Å². The molecule has 10 N–H and O–H groups in total. The van der Waals surface area contributed by atoms with Gasteiger partial charge in [0.25, 0.3) is 0 Å². The molecule has 1 aromatic rings. The van der Waals surface area contributed by atoms with Crippen molar-refractivity contribution in [2.45, 2.75) is 61.4 Å². The van der Waals surface area contributed by atoms with Crippen molar-refractivity contribution in [1.82, 2.24) is 0 Å². The summed E-state index contributed by atoms with van der Waals surface area (Å²) < 4.78 is 10.8. The predicted molar refractivity (Wildman–Crippen MR) is 119 cm³/mol. The Balaban J connectivity index is 1.88. The van der Waals surface area contributed by atoms with E-state index in [9.17, 15) is 35.7 Å². The fourth-order valence-corrected chi connectivity index (χ4v) is 3.68. The summed E-state index contributed by atoms with van der Waals surface area (Å²) in [6.45, 7) is -1.01. The third kappa shape index (κ3) is 5.56. The Morgan fingerprint density at radius 2 is 1.53 bits per heavy atom. The largest absolute Gasteiger partial charge is 0.397 e. The fourth-order valence-electron chi connectivity index (χ4n) is 3.68. The molecule has 0 radical (unpaired) electrons. The number of nitrogens with one attached hydrogen (secondary N) is 1. The molecule has 34 heavy (non-hydrogen) atoms. The van der Waals surface area contributed by atoms with Gasteiger partial charge in [-0.15, -0.1) is 0 Å². The molecule has 9 atom stereocenters. The van der Waals surface area contributed by atoms with Gasteiger partial charge in [-0.3, -0.25) is 0 Å². The van der Waals surface area contributed by atoms with E-state index in [1.807, 2.05) is 0 Å². The minimum Gasteiger partial charge on any atom is -0.397 e. The Kier molecular flexibility index (Phi) is 8.62. The quantitative estimate of drug-likeness (QED) is 0.120. The molecule has 0 aliphatic carbocycles. The molecule has 0 saturated carbocycles. The van der Waals surface area contributed by atoms with Crippen LogP contribution in [0.3, 0.4) is 0 Å². The average molecular weight is 476 g/mol. The zero-order chi connectivity index (χ0) is 25.0. The molecule has 11 nitrogen and oxygen atoms in total. The summed E-state index contributed by atoms with van der Waals surface area (Å²) in [4.78, 5) is 0. The monoisotopic (exact) mass is 476 g/mol. The molecule has 0 aromatic heterocycles. The second-order valence-corrected chi connectivity index (χ2v) is 8.11. The molecule has 11 heteroatoms. The van der Waals surface area contributed by atoms with Gasteiger partial charge in [0.2, 0.25) is 0 Å². The van der Waals surface area contributed by atoms with Crippen molar-refractivity contribution in [2.75, 3.05) is 18.9 Å². The predicted octanol–water partition coefficient (Wildman–Crippen LogP) is -3.32. The third-order valence-electron chi connectivity index (χ3n) is 5.73. The van der Waals surface area contributed by atoms with Crippen LogP contribution < -0.4 is 5.73 Å². The molecule has 2 aliphatic heterocycles. The van der Waals surface area contributed by atoms with E-state index in [2.05, 4.69) is 23.7 Å². The first kappa shape index (κ1) is 26.1. The van der Waals surface area contributed by atoms with Crippen LogP contribution in [0.15, 0.2) is 12.1 Å². The number of aliphatic hydroxyl groups is 7. The molecule has 0 spiro atoms. The average Bonchev–Trinajstić information content (AvgIpc) is 2.82. The Bertz CT molecular complexity index is 1010. The highest BCUT2D eigenvalue weighted by Gasteiger charge is 2.42. The van der Waals surface area contributed by atoms with Crippen molar-refractivity contribution in [3.8, 4) is 23.7 Å². The maximum absolute atomic E-state index is 10.1. The van der Waals surface area contributed by atoms with E-state index in [4.69, 9.17) is 20.6 Å². The van der Waals surface area contributed by atoms with Crippen LogP contribution in [0.4, 0.5) is 5.69 Å². The maximum atomic E-state index is 10.1. The Labute approximate surface area is 195 Å². The number of hydrogen-bond acceptors (Lipinski definition) is 11. The molecular formula is C23H28N2O9. The van der Waals surface area contributed by atoms with Crippen molar-refractivity contribution in [3.63, 3.8) is 0 Å². The molecule has 2 heterocycles. The van der Waals surface area contributed by atoms with Gasteiger partial charge in [0.15, 0.2) is 0 Å². The number of ether oxygens (including phenoxy) is 2. The lowest BCUT2D eigenvalue weighted by molar-refractivity contribution is -0.214. The van der Waals surface area contributed by atoms with Crippen LogP contribution in [0.2, 0.25) is 0 Å². The summed E-state index contributed by atoms with van der Waals surface area (Å²) >= 11 is 0. The van der Waals surface area contributed by atoms with Gasteiger partial charge >= 0.3 is 0 Å². The summed E-state index contributed by atoms with van der Waals surface area (Å²) in [5.74, 6) is 10.9. The molecule has 0 bridgehead atoms. The number of nitrogen functional groups attached to an aromatic ring is 1. The second-order valence-electron chi connectivity index (χ2n) is 8.11. The van der Waals surface area contributed by atoms with Gasteiger partial charge in [-0.05, 0) is 12.1 Å². The normalized spacial score (nSPS) is 35.4. The zero-order valence-electron chi connectivity index (χ0n) is 18.1. The van der Waals surface area contributed by atoms with Crippen LogP contribution in [0.1, 0.15) is 23.1 Å². The number of hydrogen-bond donors (Lipinski definition) is 9. The molecule has 1 aromatic carbocycles. The number of benzene rings is 1. The van der Waals surface area contributed by atoms with Crippen molar-refractivity contribution in [1.29, 1.82) is 5.41 Å². The highest BCUT2D eigenvalue weighted by molar-refractivity contribution is 5.88. The first-order chi connectivity index (χ1) is 16.2. The summed E-state index contributed by atoms with van der Waals surface area (Å²) in [5.41, 5.74) is 7.20. The Hall–Kier alpha value is -2.55.